The molecule has 1 aliphatic rings. The molecule has 0 atom stereocenters. The molecule has 0 bridgehead atoms. The predicted molar refractivity (Wildman–Crippen MR) is 99.4 cm³/mol. The zero-order valence-electron chi connectivity index (χ0n) is 13.8. The fraction of sp³-hybridized carbons (Fsp3) is 0.368. The van der Waals surface area contributed by atoms with Gasteiger partial charge in [-0.05, 0) is 75.3 Å². The Morgan fingerprint density at radius 3 is 2.48 bits per heavy atom. The first-order valence-electron chi connectivity index (χ1n) is 7.97. The molecule has 0 spiro atoms. The quantitative estimate of drug-likeness (QED) is 0.916. The van der Waals surface area contributed by atoms with Crippen LogP contribution in [0.3, 0.4) is 0 Å². The van der Waals surface area contributed by atoms with Crippen LogP contribution in [0.5, 0.6) is 5.75 Å². The van der Waals surface area contributed by atoms with Gasteiger partial charge in [-0.15, -0.1) is 12.4 Å². The number of anilines is 2. The van der Waals surface area contributed by atoms with E-state index in [4.69, 9.17) is 0 Å². The molecule has 3 nitrogen and oxygen atoms in total. The molecule has 1 N–H and O–H groups in total. The highest BCUT2D eigenvalue weighted by molar-refractivity contribution is 5.85. The van der Waals surface area contributed by atoms with Gasteiger partial charge in [0.2, 0.25) is 0 Å². The van der Waals surface area contributed by atoms with Crippen molar-refractivity contribution >= 4 is 23.8 Å². The summed E-state index contributed by atoms with van der Waals surface area (Å²) in [7, 11) is 4.23. The Balaban J connectivity index is 0.00000192. The van der Waals surface area contributed by atoms with Crippen molar-refractivity contribution < 1.29 is 5.11 Å². The SMILES string of the molecule is CN(C)CCCN1c2ccccc2CCc2cc(O)ccc21.Cl. The van der Waals surface area contributed by atoms with Crippen LogP contribution in [0, 0.1) is 0 Å². The van der Waals surface area contributed by atoms with Crippen LogP contribution in [0.4, 0.5) is 11.4 Å². The van der Waals surface area contributed by atoms with Crippen molar-refractivity contribution in [3.8, 4) is 5.75 Å². The number of benzene rings is 2. The number of para-hydroxylation sites is 1. The van der Waals surface area contributed by atoms with Gasteiger partial charge in [0, 0.05) is 17.9 Å². The Hall–Kier alpha value is -1.71. The molecule has 2 aromatic rings. The fourth-order valence-electron chi connectivity index (χ4n) is 3.21. The zero-order valence-corrected chi connectivity index (χ0v) is 14.6. The van der Waals surface area contributed by atoms with E-state index in [-0.39, 0.29) is 12.4 Å². The van der Waals surface area contributed by atoms with E-state index < -0.39 is 0 Å². The molecule has 0 aliphatic carbocycles. The van der Waals surface area contributed by atoms with Crippen LogP contribution >= 0.6 is 12.4 Å². The number of rotatable bonds is 4. The van der Waals surface area contributed by atoms with Crippen LogP contribution in [0.1, 0.15) is 17.5 Å². The topological polar surface area (TPSA) is 26.7 Å². The number of halogens is 1. The van der Waals surface area contributed by atoms with Crippen LogP contribution in [0.15, 0.2) is 42.5 Å². The molecule has 4 heteroatoms. The van der Waals surface area contributed by atoms with E-state index in [0.29, 0.717) is 5.75 Å². The molecular formula is C19H25ClN2O. The first kappa shape index (κ1) is 17.6. The Morgan fingerprint density at radius 1 is 1.00 bits per heavy atom. The van der Waals surface area contributed by atoms with E-state index in [1.807, 2.05) is 6.07 Å². The van der Waals surface area contributed by atoms with Crippen molar-refractivity contribution in [2.24, 2.45) is 0 Å². The maximum atomic E-state index is 9.81. The minimum atomic E-state index is 0. The van der Waals surface area contributed by atoms with E-state index >= 15 is 0 Å². The van der Waals surface area contributed by atoms with Crippen LogP contribution < -0.4 is 4.90 Å². The van der Waals surface area contributed by atoms with Crippen molar-refractivity contribution in [3.63, 3.8) is 0 Å². The molecule has 0 aromatic heterocycles. The van der Waals surface area contributed by atoms with Gasteiger partial charge < -0.3 is 14.9 Å². The summed E-state index contributed by atoms with van der Waals surface area (Å²) in [4.78, 5) is 4.64. The van der Waals surface area contributed by atoms with Crippen molar-refractivity contribution in [2.75, 3.05) is 32.1 Å². The first-order chi connectivity index (χ1) is 10.6. The van der Waals surface area contributed by atoms with E-state index in [0.717, 1.165) is 32.4 Å². The Bertz CT molecular complexity index is 658. The second-order valence-electron chi connectivity index (χ2n) is 6.25. The van der Waals surface area contributed by atoms with Gasteiger partial charge in [-0.3, -0.25) is 0 Å². The van der Waals surface area contributed by atoms with Crippen molar-refractivity contribution in [2.45, 2.75) is 19.3 Å². The lowest BCUT2D eigenvalue weighted by Gasteiger charge is -2.27. The summed E-state index contributed by atoms with van der Waals surface area (Å²) in [5, 5.41) is 9.81. The average Bonchev–Trinajstić information content (AvgIpc) is 2.64. The Morgan fingerprint density at radius 2 is 1.70 bits per heavy atom. The third-order valence-electron chi connectivity index (χ3n) is 4.29. The van der Waals surface area contributed by atoms with Crippen LogP contribution in [-0.2, 0) is 12.8 Å². The third kappa shape index (κ3) is 3.98. The summed E-state index contributed by atoms with van der Waals surface area (Å²) in [6, 6.07) is 14.4. The van der Waals surface area contributed by atoms with Gasteiger partial charge in [-0.25, -0.2) is 0 Å². The molecule has 0 amide bonds. The second-order valence-corrected chi connectivity index (χ2v) is 6.25. The van der Waals surface area contributed by atoms with Gasteiger partial charge in [0.15, 0.2) is 0 Å². The minimum Gasteiger partial charge on any atom is -0.508 e. The molecule has 23 heavy (non-hydrogen) atoms. The van der Waals surface area contributed by atoms with Gasteiger partial charge in [0.1, 0.15) is 5.75 Å². The monoisotopic (exact) mass is 332 g/mol. The van der Waals surface area contributed by atoms with Crippen LogP contribution in [0.2, 0.25) is 0 Å². The number of hydrogen-bond acceptors (Lipinski definition) is 3. The van der Waals surface area contributed by atoms with E-state index in [1.165, 1.54) is 22.5 Å². The molecule has 0 saturated heterocycles. The van der Waals surface area contributed by atoms with Crippen molar-refractivity contribution in [1.29, 1.82) is 0 Å². The largest absolute Gasteiger partial charge is 0.508 e. The van der Waals surface area contributed by atoms with Gasteiger partial charge in [0.25, 0.3) is 0 Å². The number of hydrogen-bond donors (Lipinski definition) is 1. The second kappa shape index (κ2) is 7.71. The summed E-state index contributed by atoms with van der Waals surface area (Å²) in [6.45, 7) is 2.07. The first-order valence-corrected chi connectivity index (χ1v) is 7.97. The molecule has 0 fully saturated rings. The van der Waals surface area contributed by atoms with Crippen LogP contribution in [0.25, 0.3) is 0 Å². The van der Waals surface area contributed by atoms with Gasteiger partial charge >= 0.3 is 0 Å². The molecule has 3 rings (SSSR count). The van der Waals surface area contributed by atoms with Crippen molar-refractivity contribution in [1.82, 2.24) is 4.90 Å². The standard InChI is InChI=1S/C19H24N2O.ClH/c1-20(2)12-5-13-21-18-7-4-3-6-15(18)8-9-16-14-17(22)10-11-19(16)21;/h3-4,6-7,10-11,14,22H,5,8-9,12-13H2,1-2H3;1H. The molecule has 1 heterocycles. The highest BCUT2D eigenvalue weighted by atomic mass is 35.5. The maximum absolute atomic E-state index is 9.81. The predicted octanol–water partition coefficient (Wildman–Crippen LogP) is 4.00. The summed E-state index contributed by atoms with van der Waals surface area (Å²) in [6.07, 6.45) is 3.11. The average molecular weight is 333 g/mol. The Labute approximate surface area is 145 Å². The normalized spacial score (nSPS) is 13.1. The van der Waals surface area contributed by atoms with Crippen LogP contribution in [-0.4, -0.2) is 37.2 Å². The van der Waals surface area contributed by atoms with Gasteiger partial charge in [-0.2, -0.15) is 0 Å². The lowest BCUT2D eigenvalue weighted by Crippen LogP contribution is -2.23. The van der Waals surface area contributed by atoms with Gasteiger partial charge in [0.05, 0.1) is 0 Å². The minimum absolute atomic E-state index is 0. The smallest absolute Gasteiger partial charge is 0.116 e. The van der Waals surface area contributed by atoms with Gasteiger partial charge in [-0.1, -0.05) is 18.2 Å². The summed E-state index contributed by atoms with van der Waals surface area (Å²) in [5.74, 6) is 0.359. The van der Waals surface area contributed by atoms with Crippen molar-refractivity contribution in [3.05, 3.63) is 53.6 Å². The third-order valence-corrected chi connectivity index (χ3v) is 4.29. The lowest BCUT2D eigenvalue weighted by atomic mass is 10.0. The molecule has 0 radical (unpaired) electrons. The highest BCUT2D eigenvalue weighted by Gasteiger charge is 2.20. The highest BCUT2D eigenvalue weighted by Crippen LogP contribution is 2.37. The summed E-state index contributed by atoms with van der Waals surface area (Å²) < 4.78 is 0. The molecule has 124 valence electrons. The number of aryl methyl sites for hydroxylation is 2. The molecular weight excluding hydrogens is 308 g/mol. The summed E-state index contributed by atoms with van der Waals surface area (Å²) >= 11 is 0. The number of nitrogens with zero attached hydrogens (tertiary/aromatic N) is 2. The van der Waals surface area contributed by atoms with E-state index in [1.54, 1.807) is 6.07 Å². The lowest BCUT2D eigenvalue weighted by molar-refractivity contribution is 0.402. The maximum Gasteiger partial charge on any atom is 0.116 e. The number of aromatic hydroxyl groups is 1. The molecule has 0 saturated carbocycles. The zero-order chi connectivity index (χ0) is 15.5. The molecule has 2 aromatic carbocycles. The Kier molecular flexibility index (Phi) is 5.91. The summed E-state index contributed by atoms with van der Waals surface area (Å²) in [5.41, 5.74) is 5.18. The fourth-order valence-corrected chi connectivity index (χ4v) is 3.21. The number of phenols is 1. The molecule has 1 aliphatic heterocycles. The number of fused-ring (bicyclic) bond motifs is 2. The number of phenolic OH excluding ortho intramolecular Hbond substituents is 1. The molecule has 0 unspecified atom stereocenters. The van der Waals surface area contributed by atoms with E-state index in [2.05, 4.69) is 54.2 Å². The van der Waals surface area contributed by atoms with E-state index in [9.17, 15) is 5.11 Å².